The molecule has 0 saturated carbocycles. The number of hydrogen-bond acceptors (Lipinski definition) is 3. The van der Waals surface area contributed by atoms with E-state index >= 15 is 0 Å². The molecule has 0 aromatic carbocycles. The van der Waals surface area contributed by atoms with Gasteiger partial charge in [-0.25, -0.2) is 0 Å². The summed E-state index contributed by atoms with van der Waals surface area (Å²) >= 11 is 0. The first-order chi connectivity index (χ1) is 7.97. The van der Waals surface area contributed by atoms with Crippen molar-refractivity contribution in [1.82, 2.24) is 10.2 Å². The molecule has 1 rings (SSSR count). The van der Waals surface area contributed by atoms with Crippen LogP contribution in [0.4, 0.5) is 0 Å². The van der Waals surface area contributed by atoms with Gasteiger partial charge in [0, 0.05) is 26.2 Å². The third-order valence-electron chi connectivity index (χ3n) is 2.90. The lowest BCUT2D eigenvalue weighted by molar-refractivity contribution is 0.0783. The second-order valence-corrected chi connectivity index (χ2v) is 5.54. The molecule has 3 heteroatoms. The van der Waals surface area contributed by atoms with Crippen LogP contribution in [0.3, 0.4) is 0 Å². The van der Waals surface area contributed by atoms with Gasteiger partial charge in [0.1, 0.15) is 0 Å². The minimum absolute atomic E-state index is 0.588. The predicted octanol–water partition coefficient (Wildman–Crippen LogP) is 2.11. The minimum atomic E-state index is -0.588. The summed E-state index contributed by atoms with van der Waals surface area (Å²) < 4.78 is 0. The predicted molar refractivity (Wildman–Crippen MR) is 75.4 cm³/mol. The SMILES string of the molecule is CC.C[C@H]1CCCN(CCNCC(C)(C)O)C1. The molecule has 1 atom stereocenters. The number of nitrogens with one attached hydrogen (secondary N) is 1. The van der Waals surface area contributed by atoms with Crippen molar-refractivity contribution in [3.63, 3.8) is 0 Å². The second kappa shape index (κ2) is 8.90. The number of hydrogen-bond donors (Lipinski definition) is 2. The van der Waals surface area contributed by atoms with E-state index in [2.05, 4.69) is 17.1 Å². The molecule has 1 aliphatic rings. The van der Waals surface area contributed by atoms with E-state index in [1.165, 1.54) is 25.9 Å². The van der Waals surface area contributed by atoms with E-state index in [9.17, 15) is 5.11 Å². The summed E-state index contributed by atoms with van der Waals surface area (Å²) in [7, 11) is 0. The maximum Gasteiger partial charge on any atom is 0.0715 e. The molecule has 2 N–H and O–H groups in total. The lowest BCUT2D eigenvalue weighted by Crippen LogP contribution is -2.42. The fraction of sp³-hybridized carbons (Fsp3) is 1.00. The van der Waals surface area contributed by atoms with Gasteiger partial charge in [-0.3, -0.25) is 0 Å². The summed E-state index contributed by atoms with van der Waals surface area (Å²) in [4.78, 5) is 2.52. The van der Waals surface area contributed by atoms with Gasteiger partial charge < -0.3 is 15.3 Å². The van der Waals surface area contributed by atoms with Gasteiger partial charge in [-0.05, 0) is 39.2 Å². The Balaban J connectivity index is 0.00000121. The monoisotopic (exact) mass is 244 g/mol. The van der Waals surface area contributed by atoms with Gasteiger partial charge in [0.05, 0.1) is 5.60 Å². The fourth-order valence-electron chi connectivity index (χ4n) is 2.12. The molecule has 0 aliphatic carbocycles. The van der Waals surface area contributed by atoms with E-state index in [1.54, 1.807) is 0 Å². The van der Waals surface area contributed by atoms with Crippen LogP contribution in [0.1, 0.15) is 47.5 Å². The maximum absolute atomic E-state index is 9.52. The molecule has 0 aromatic rings. The van der Waals surface area contributed by atoms with Gasteiger partial charge in [-0.1, -0.05) is 20.8 Å². The Morgan fingerprint density at radius 1 is 1.35 bits per heavy atom. The highest BCUT2D eigenvalue weighted by atomic mass is 16.3. The highest BCUT2D eigenvalue weighted by Gasteiger charge is 2.16. The smallest absolute Gasteiger partial charge is 0.0715 e. The van der Waals surface area contributed by atoms with Crippen LogP contribution in [-0.2, 0) is 0 Å². The normalized spacial score (nSPS) is 21.9. The number of piperidine rings is 1. The van der Waals surface area contributed by atoms with Crippen molar-refractivity contribution in [3.05, 3.63) is 0 Å². The topological polar surface area (TPSA) is 35.5 Å². The van der Waals surface area contributed by atoms with Crippen molar-refractivity contribution in [1.29, 1.82) is 0 Å². The lowest BCUT2D eigenvalue weighted by atomic mass is 10.0. The van der Waals surface area contributed by atoms with Crippen molar-refractivity contribution >= 4 is 0 Å². The van der Waals surface area contributed by atoms with Crippen LogP contribution < -0.4 is 5.32 Å². The van der Waals surface area contributed by atoms with Crippen LogP contribution in [0.2, 0.25) is 0 Å². The molecule has 1 fully saturated rings. The van der Waals surface area contributed by atoms with Crippen molar-refractivity contribution in [2.24, 2.45) is 5.92 Å². The van der Waals surface area contributed by atoms with Gasteiger partial charge in [-0.2, -0.15) is 0 Å². The molecule has 1 heterocycles. The van der Waals surface area contributed by atoms with Crippen molar-refractivity contribution in [3.8, 4) is 0 Å². The fourth-order valence-corrected chi connectivity index (χ4v) is 2.12. The number of aliphatic hydroxyl groups is 1. The Morgan fingerprint density at radius 3 is 2.53 bits per heavy atom. The molecular weight excluding hydrogens is 212 g/mol. The maximum atomic E-state index is 9.52. The Bertz CT molecular complexity index is 178. The van der Waals surface area contributed by atoms with E-state index in [0.717, 1.165) is 19.0 Å². The molecule has 0 spiro atoms. The Hall–Kier alpha value is -0.120. The zero-order valence-electron chi connectivity index (χ0n) is 12.4. The average molecular weight is 244 g/mol. The van der Waals surface area contributed by atoms with E-state index in [-0.39, 0.29) is 0 Å². The largest absolute Gasteiger partial charge is 0.389 e. The molecule has 1 aliphatic heterocycles. The van der Waals surface area contributed by atoms with Crippen LogP contribution in [-0.4, -0.2) is 48.3 Å². The Labute approximate surface area is 108 Å². The third-order valence-corrected chi connectivity index (χ3v) is 2.90. The molecule has 17 heavy (non-hydrogen) atoms. The number of rotatable bonds is 5. The summed E-state index contributed by atoms with van der Waals surface area (Å²) in [5.74, 6) is 0.855. The molecule has 3 nitrogen and oxygen atoms in total. The van der Waals surface area contributed by atoms with Crippen molar-refractivity contribution < 1.29 is 5.11 Å². The molecule has 104 valence electrons. The van der Waals surface area contributed by atoms with Crippen LogP contribution >= 0.6 is 0 Å². The van der Waals surface area contributed by atoms with Gasteiger partial charge >= 0.3 is 0 Å². The first-order valence-corrected chi connectivity index (χ1v) is 7.13. The summed E-state index contributed by atoms with van der Waals surface area (Å²) in [6, 6.07) is 0. The Kier molecular flexibility index (Phi) is 8.83. The standard InChI is InChI=1S/C12H26N2O.C2H6/c1-11-5-4-7-14(9-11)8-6-13-10-12(2,3)15;1-2/h11,13,15H,4-10H2,1-3H3;1-2H3/t11-;/m0./s1. The number of likely N-dealkylation sites (tertiary alicyclic amines) is 1. The highest BCUT2D eigenvalue weighted by molar-refractivity contribution is 4.72. The Morgan fingerprint density at radius 2 is 2.00 bits per heavy atom. The summed E-state index contributed by atoms with van der Waals surface area (Å²) in [6.07, 6.45) is 2.72. The third kappa shape index (κ3) is 9.57. The molecule has 0 amide bonds. The molecule has 0 radical (unpaired) electrons. The van der Waals surface area contributed by atoms with E-state index in [0.29, 0.717) is 6.54 Å². The number of nitrogens with zero attached hydrogens (tertiary/aromatic N) is 1. The first kappa shape index (κ1) is 16.9. The summed E-state index contributed by atoms with van der Waals surface area (Å²) in [5.41, 5.74) is -0.588. The highest BCUT2D eigenvalue weighted by Crippen LogP contribution is 2.14. The lowest BCUT2D eigenvalue weighted by Gasteiger charge is -2.31. The van der Waals surface area contributed by atoms with E-state index < -0.39 is 5.60 Å². The van der Waals surface area contributed by atoms with Crippen molar-refractivity contribution in [2.75, 3.05) is 32.7 Å². The average Bonchev–Trinajstić information content (AvgIpc) is 2.26. The zero-order valence-corrected chi connectivity index (χ0v) is 12.4. The second-order valence-electron chi connectivity index (χ2n) is 5.54. The summed E-state index contributed by atoms with van der Waals surface area (Å²) in [6.45, 7) is 15.3. The molecule has 0 bridgehead atoms. The van der Waals surface area contributed by atoms with Crippen LogP contribution in [0.25, 0.3) is 0 Å². The molecule has 0 unspecified atom stereocenters. The van der Waals surface area contributed by atoms with Crippen molar-refractivity contribution in [2.45, 2.75) is 53.1 Å². The van der Waals surface area contributed by atoms with Gasteiger partial charge in [0.25, 0.3) is 0 Å². The minimum Gasteiger partial charge on any atom is -0.389 e. The van der Waals surface area contributed by atoms with Crippen LogP contribution in [0.5, 0.6) is 0 Å². The van der Waals surface area contributed by atoms with Crippen LogP contribution in [0.15, 0.2) is 0 Å². The van der Waals surface area contributed by atoms with E-state index in [1.807, 2.05) is 27.7 Å². The first-order valence-electron chi connectivity index (χ1n) is 7.13. The van der Waals surface area contributed by atoms with Gasteiger partial charge in [0.2, 0.25) is 0 Å². The molecule has 1 saturated heterocycles. The van der Waals surface area contributed by atoms with Gasteiger partial charge in [-0.15, -0.1) is 0 Å². The van der Waals surface area contributed by atoms with Gasteiger partial charge in [0.15, 0.2) is 0 Å². The summed E-state index contributed by atoms with van der Waals surface area (Å²) in [5, 5.41) is 12.8. The quantitative estimate of drug-likeness (QED) is 0.727. The molecule has 0 aromatic heterocycles. The van der Waals surface area contributed by atoms with E-state index in [4.69, 9.17) is 0 Å². The molecular formula is C14H32N2O. The zero-order chi connectivity index (χ0) is 13.3. The van der Waals surface area contributed by atoms with Crippen LogP contribution in [0, 0.1) is 5.92 Å².